The molecule has 0 saturated carbocycles. The Labute approximate surface area is 84.5 Å². The van der Waals surface area contributed by atoms with Gasteiger partial charge in [-0.25, -0.2) is 0 Å². The number of nitriles is 1. The molecule has 0 radical (unpaired) electrons. The SMILES string of the molecule is N#Cc1ccc(NC(=O)CBr)cc1. The Morgan fingerprint density at radius 1 is 1.46 bits per heavy atom. The van der Waals surface area contributed by atoms with Crippen molar-refractivity contribution in [3.05, 3.63) is 29.8 Å². The van der Waals surface area contributed by atoms with Crippen LogP contribution in [0.2, 0.25) is 0 Å². The highest BCUT2D eigenvalue weighted by Gasteiger charge is 1.98. The number of hydrogen-bond acceptors (Lipinski definition) is 2. The third-order valence-electron chi connectivity index (χ3n) is 1.42. The number of hydrogen-bond donors (Lipinski definition) is 1. The lowest BCUT2D eigenvalue weighted by Gasteiger charge is -2.01. The van der Waals surface area contributed by atoms with Crippen molar-refractivity contribution in [1.29, 1.82) is 5.26 Å². The molecule has 0 aliphatic heterocycles. The first-order valence-corrected chi connectivity index (χ1v) is 4.74. The summed E-state index contributed by atoms with van der Waals surface area (Å²) in [7, 11) is 0. The van der Waals surface area contributed by atoms with Crippen molar-refractivity contribution < 1.29 is 4.79 Å². The molecule has 0 aromatic heterocycles. The first kappa shape index (κ1) is 9.75. The number of nitrogens with zero attached hydrogens (tertiary/aromatic N) is 1. The fraction of sp³-hybridized carbons (Fsp3) is 0.111. The van der Waals surface area contributed by atoms with Crippen LogP contribution < -0.4 is 5.32 Å². The molecule has 1 rings (SSSR count). The van der Waals surface area contributed by atoms with E-state index in [1.807, 2.05) is 6.07 Å². The van der Waals surface area contributed by atoms with E-state index in [0.29, 0.717) is 11.3 Å². The monoisotopic (exact) mass is 238 g/mol. The summed E-state index contributed by atoms with van der Waals surface area (Å²) in [6.45, 7) is 0. The zero-order chi connectivity index (χ0) is 9.68. The smallest absolute Gasteiger partial charge is 0.235 e. The summed E-state index contributed by atoms with van der Waals surface area (Å²) in [5.41, 5.74) is 1.28. The van der Waals surface area contributed by atoms with E-state index in [0.717, 1.165) is 0 Å². The predicted molar refractivity (Wildman–Crippen MR) is 53.6 cm³/mol. The lowest BCUT2D eigenvalue weighted by Crippen LogP contribution is -2.11. The van der Waals surface area contributed by atoms with E-state index in [4.69, 9.17) is 5.26 Å². The van der Waals surface area contributed by atoms with Crippen molar-refractivity contribution in [1.82, 2.24) is 0 Å². The molecule has 1 aromatic carbocycles. The topological polar surface area (TPSA) is 52.9 Å². The van der Waals surface area contributed by atoms with Crippen LogP contribution >= 0.6 is 15.9 Å². The minimum Gasteiger partial charge on any atom is -0.325 e. The maximum atomic E-state index is 10.9. The largest absolute Gasteiger partial charge is 0.325 e. The summed E-state index contributed by atoms with van der Waals surface area (Å²) in [4.78, 5) is 10.9. The second-order valence-electron chi connectivity index (χ2n) is 2.37. The summed E-state index contributed by atoms with van der Waals surface area (Å²) in [5.74, 6) is -0.107. The number of benzene rings is 1. The third-order valence-corrected chi connectivity index (χ3v) is 1.93. The van der Waals surface area contributed by atoms with Gasteiger partial charge >= 0.3 is 0 Å². The number of carbonyl (C=O) groups is 1. The second-order valence-corrected chi connectivity index (χ2v) is 2.93. The van der Waals surface area contributed by atoms with Crippen molar-refractivity contribution in [2.75, 3.05) is 10.6 Å². The molecule has 0 saturated heterocycles. The summed E-state index contributed by atoms with van der Waals surface area (Å²) >= 11 is 3.04. The van der Waals surface area contributed by atoms with Gasteiger partial charge in [0.05, 0.1) is 17.0 Å². The van der Waals surface area contributed by atoms with Crippen LogP contribution in [0, 0.1) is 11.3 Å². The van der Waals surface area contributed by atoms with Crippen LogP contribution in [0.1, 0.15) is 5.56 Å². The molecule has 0 aliphatic rings. The van der Waals surface area contributed by atoms with Crippen LogP contribution in [0.3, 0.4) is 0 Å². The number of alkyl halides is 1. The summed E-state index contributed by atoms with van der Waals surface area (Å²) in [6.07, 6.45) is 0. The number of nitrogens with one attached hydrogen (secondary N) is 1. The molecule has 0 fully saturated rings. The predicted octanol–water partition coefficient (Wildman–Crippen LogP) is 1.89. The van der Waals surface area contributed by atoms with Gasteiger partial charge < -0.3 is 5.32 Å². The molecule has 0 spiro atoms. The van der Waals surface area contributed by atoms with Gasteiger partial charge in [0.1, 0.15) is 0 Å². The minimum absolute atomic E-state index is 0.107. The van der Waals surface area contributed by atoms with Crippen LogP contribution in [0.5, 0.6) is 0 Å². The van der Waals surface area contributed by atoms with E-state index in [1.165, 1.54) is 0 Å². The zero-order valence-electron chi connectivity index (χ0n) is 6.75. The number of rotatable bonds is 2. The fourth-order valence-corrected chi connectivity index (χ4v) is 0.963. The molecule has 66 valence electrons. The molecular formula is C9H7BrN2O. The Morgan fingerprint density at radius 3 is 2.54 bits per heavy atom. The normalized spacial score (nSPS) is 8.92. The molecule has 13 heavy (non-hydrogen) atoms. The zero-order valence-corrected chi connectivity index (χ0v) is 8.34. The summed E-state index contributed by atoms with van der Waals surface area (Å²) in [6, 6.07) is 8.70. The molecule has 1 N–H and O–H groups in total. The van der Waals surface area contributed by atoms with Gasteiger partial charge in [0.25, 0.3) is 0 Å². The molecule has 0 bridgehead atoms. The number of halogens is 1. The third kappa shape index (κ3) is 2.88. The second kappa shape index (κ2) is 4.63. The van der Waals surface area contributed by atoms with Crippen LogP contribution in [0.25, 0.3) is 0 Å². The number of amides is 1. The van der Waals surface area contributed by atoms with E-state index in [9.17, 15) is 4.79 Å². The molecule has 3 nitrogen and oxygen atoms in total. The number of anilines is 1. The van der Waals surface area contributed by atoms with E-state index in [2.05, 4.69) is 21.2 Å². The lowest BCUT2D eigenvalue weighted by molar-refractivity contribution is -0.113. The molecule has 0 unspecified atom stereocenters. The molecule has 1 aromatic rings. The lowest BCUT2D eigenvalue weighted by atomic mass is 10.2. The molecule has 0 atom stereocenters. The Hall–Kier alpha value is -1.34. The van der Waals surface area contributed by atoms with Crippen LogP contribution in [-0.4, -0.2) is 11.2 Å². The van der Waals surface area contributed by atoms with Gasteiger partial charge in [0.2, 0.25) is 5.91 Å². The van der Waals surface area contributed by atoms with Gasteiger partial charge in [-0.2, -0.15) is 5.26 Å². The Kier molecular flexibility index (Phi) is 3.47. The summed E-state index contributed by atoms with van der Waals surface area (Å²) < 4.78 is 0. The van der Waals surface area contributed by atoms with Gasteiger partial charge in [-0.15, -0.1) is 0 Å². The van der Waals surface area contributed by atoms with Crippen molar-refractivity contribution in [3.8, 4) is 6.07 Å². The van der Waals surface area contributed by atoms with Crippen molar-refractivity contribution in [2.45, 2.75) is 0 Å². The first-order chi connectivity index (χ1) is 6.26. The molecule has 4 heteroatoms. The van der Waals surface area contributed by atoms with Crippen LogP contribution in [0.4, 0.5) is 5.69 Å². The molecular weight excluding hydrogens is 232 g/mol. The Morgan fingerprint density at radius 2 is 2.08 bits per heavy atom. The maximum absolute atomic E-state index is 10.9. The average Bonchev–Trinajstić information content (AvgIpc) is 2.19. The van der Waals surface area contributed by atoms with Gasteiger partial charge in [-0.3, -0.25) is 4.79 Å². The van der Waals surface area contributed by atoms with Gasteiger partial charge in [0.15, 0.2) is 0 Å². The Balaban J connectivity index is 2.71. The highest BCUT2D eigenvalue weighted by atomic mass is 79.9. The maximum Gasteiger partial charge on any atom is 0.235 e. The van der Waals surface area contributed by atoms with Crippen molar-refractivity contribution >= 4 is 27.5 Å². The first-order valence-electron chi connectivity index (χ1n) is 3.62. The highest BCUT2D eigenvalue weighted by molar-refractivity contribution is 9.09. The minimum atomic E-state index is -0.107. The summed E-state index contributed by atoms with van der Waals surface area (Å²) in [5, 5.41) is 11.4. The number of carbonyl (C=O) groups excluding carboxylic acids is 1. The van der Waals surface area contributed by atoms with Crippen molar-refractivity contribution in [3.63, 3.8) is 0 Å². The van der Waals surface area contributed by atoms with E-state index in [1.54, 1.807) is 24.3 Å². The van der Waals surface area contributed by atoms with Gasteiger partial charge in [-0.05, 0) is 24.3 Å². The quantitative estimate of drug-likeness (QED) is 0.801. The van der Waals surface area contributed by atoms with E-state index >= 15 is 0 Å². The molecule has 0 heterocycles. The fourth-order valence-electron chi connectivity index (χ4n) is 0.822. The van der Waals surface area contributed by atoms with Crippen LogP contribution in [-0.2, 0) is 4.79 Å². The Bertz CT molecular complexity index is 340. The highest BCUT2D eigenvalue weighted by Crippen LogP contribution is 2.08. The van der Waals surface area contributed by atoms with Crippen molar-refractivity contribution in [2.24, 2.45) is 0 Å². The van der Waals surface area contributed by atoms with Crippen LogP contribution in [0.15, 0.2) is 24.3 Å². The average molecular weight is 239 g/mol. The standard InChI is InChI=1S/C9H7BrN2O/c10-5-9(13)12-8-3-1-7(6-11)2-4-8/h1-4H,5H2,(H,12,13). The van der Waals surface area contributed by atoms with Gasteiger partial charge in [-0.1, -0.05) is 15.9 Å². The van der Waals surface area contributed by atoms with Gasteiger partial charge in [0, 0.05) is 5.69 Å². The molecule has 1 amide bonds. The van der Waals surface area contributed by atoms with E-state index < -0.39 is 0 Å². The van der Waals surface area contributed by atoms with E-state index in [-0.39, 0.29) is 11.2 Å². The molecule has 0 aliphatic carbocycles.